The molecule has 2 heterocycles. The number of rotatable bonds is 5. The van der Waals surface area contributed by atoms with Crippen LogP contribution in [-0.4, -0.2) is 27.6 Å². The summed E-state index contributed by atoms with van der Waals surface area (Å²) in [6, 6.07) is 9.60. The molecule has 2 aromatic carbocycles. The van der Waals surface area contributed by atoms with E-state index >= 15 is 0 Å². The fourth-order valence-electron chi connectivity index (χ4n) is 3.23. The van der Waals surface area contributed by atoms with Gasteiger partial charge in [-0.3, -0.25) is 4.72 Å². The molecule has 0 unspecified atom stereocenters. The second-order valence-electron chi connectivity index (χ2n) is 6.54. The van der Waals surface area contributed by atoms with Crippen LogP contribution < -0.4 is 14.8 Å². The third-order valence-corrected chi connectivity index (χ3v) is 6.87. The summed E-state index contributed by atoms with van der Waals surface area (Å²) in [4.78, 5) is -0.161. The van der Waals surface area contributed by atoms with Crippen LogP contribution in [0.3, 0.4) is 0 Å². The topological polar surface area (TPSA) is 80.6 Å². The first-order valence-corrected chi connectivity index (χ1v) is 11.0. The van der Waals surface area contributed by atoms with Crippen molar-refractivity contribution in [1.29, 1.82) is 0 Å². The van der Waals surface area contributed by atoms with Crippen LogP contribution in [-0.2, 0) is 10.0 Å². The highest BCUT2D eigenvalue weighted by Crippen LogP contribution is 2.35. The lowest BCUT2D eigenvalue weighted by atomic mass is 10.1. The maximum absolute atomic E-state index is 12.9. The summed E-state index contributed by atoms with van der Waals surface area (Å²) in [5.41, 5.74) is 0.922. The Balaban J connectivity index is 1.69. The first-order valence-electron chi connectivity index (χ1n) is 8.79. The predicted octanol–water partition coefficient (Wildman–Crippen LogP) is 4.67. The Morgan fingerprint density at radius 2 is 1.82 bits per heavy atom. The maximum atomic E-state index is 12.9. The largest absolute Gasteiger partial charge is 0.486 e. The summed E-state index contributed by atoms with van der Waals surface area (Å²) in [5.74, 6) is 0.498. The Morgan fingerprint density at radius 1 is 1.11 bits per heavy atom. The second kappa shape index (κ2) is 7.83. The molecule has 148 valence electrons. The average molecular weight is 441 g/mol. The van der Waals surface area contributed by atoms with Crippen molar-refractivity contribution < 1.29 is 17.6 Å². The van der Waals surface area contributed by atoms with Gasteiger partial charge in [-0.05, 0) is 50.2 Å². The summed E-state index contributed by atoms with van der Waals surface area (Å²) < 4.78 is 39.9. The van der Waals surface area contributed by atoms with Gasteiger partial charge in [-0.1, -0.05) is 29.3 Å². The van der Waals surface area contributed by atoms with Crippen LogP contribution in [0.4, 0.5) is 5.69 Å². The van der Waals surface area contributed by atoms with Crippen molar-refractivity contribution in [2.75, 3.05) is 17.8 Å². The van der Waals surface area contributed by atoms with Crippen LogP contribution in [0.1, 0.15) is 12.8 Å². The van der Waals surface area contributed by atoms with Crippen molar-refractivity contribution in [3.8, 4) is 5.75 Å². The van der Waals surface area contributed by atoms with Crippen molar-refractivity contribution >= 4 is 49.9 Å². The lowest BCUT2D eigenvalue weighted by Crippen LogP contribution is -2.34. The fraction of sp³-hybridized carbons (Fsp3) is 0.263. The molecule has 1 saturated heterocycles. The number of fused-ring (bicyclic) bond motifs is 1. The molecule has 4 rings (SSSR count). The zero-order chi connectivity index (χ0) is 19.7. The SMILES string of the molecule is O=S(=O)(Nc1cc(OC2CCNCC2)c2occc2c1)c1c(Cl)cccc1Cl. The van der Waals surface area contributed by atoms with Crippen LogP contribution >= 0.6 is 23.2 Å². The van der Waals surface area contributed by atoms with Crippen LogP contribution in [0.2, 0.25) is 10.0 Å². The van der Waals surface area contributed by atoms with E-state index in [0.29, 0.717) is 17.0 Å². The Kier molecular flexibility index (Phi) is 5.42. The lowest BCUT2D eigenvalue weighted by Gasteiger charge is -2.24. The van der Waals surface area contributed by atoms with Gasteiger partial charge >= 0.3 is 0 Å². The van der Waals surface area contributed by atoms with Gasteiger partial charge in [-0.15, -0.1) is 0 Å². The Morgan fingerprint density at radius 3 is 2.54 bits per heavy atom. The van der Waals surface area contributed by atoms with Gasteiger partial charge in [0, 0.05) is 11.5 Å². The van der Waals surface area contributed by atoms with Gasteiger partial charge in [-0.2, -0.15) is 0 Å². The molecule has 6 nitrogen and oxygen atoms in total. The van der Waals surface area contributed by atoms with Crippen molar-refractivity contribution in [3.05, 3.63) is 52.7 Å². The molecule has 1 aliphatic heterocycles. The zero-order valence-corrected chi connectivity index (χ0v) is 17.1. The van der Waals surface area contributed by atoms with Gasteiger partial charge in [0.15, 0.2) is 11.3 Å². The maximum Gasteiger partial charge on any atom is 0.264 e. The molecule has 0 atom stereocenters. The molecule has 1 fully saturated rings. The van der Waals surface area contributed by atoms with Crippen molar-refractivity contribution in [2.24, 2.45) is 0 Å². The molecule has 0 amide bonds. The highest BCUT2D eigenvalue weighted by molar-refractivity contribution is 7.93. The highest BCUT2D eigenvalue weighted by atomic mass is 35.5. The number of furan rings is 1. The predicted molar refractivity (Wildman–Crippen MR) is 110 cm³/mol. The van der Waals surface area contributed by atoms with E-state index < -0.39 is 10.0 Å². The molecule has 1 aliphatic rings. The number of hydrogen-bond donors (Lipinski definition) is 2. The third kappa shape index (κ3) is 3.93. The van der Waals surface area contributed by atoms with E-state index in [0.717, 1.165) is 31.3 Å². The first kappa shape index (κ1) is 19.4. The van der Waals surface area contributed by atoms with Gasteiger partial charge in [0.25, 0.3) is 10.0 Å². The number of benzene rings is 2. The summed E-state index contributed by atoms with van der Waals surface area (Å²) in [5, 5.41) is 4.12. The van der Waals surface area contributed by atoms with E-state index in [2.05, 4.69) is 10.0 Å². The molecule has 0 spiro atoms. The number of ether oxygens (including phenoxy) is 1. The van der Waals surface area contributed by atoms with Crippen LogP contribution in [0.15, 0.2) is 52.0 Å². The fourth-order valence-corrected chi connectivity index (χ4v) is 5.42. The molecule has 9 heteroatoms. The Hall–Kier alpha value is -1.93. The molecule has 0 bridgehead atoms. The van der Waals surface area contributed by atoms with Gasteiger partial charge in [0.1, 0.15) is 11.0 Å². The molecule has 1 aromatic heterocycles. The number of nitrogens with one attached hydrogen (secondary N) is 2. The second-order valence-corrected chi connectivity index (χ2v) is 8.97. The molecule has 2 N–H and O–H groups in total. The normalized spacial score (nSPS) is 15.6. The van der Waals surface area contributed by atoms with E-state index in [1.54, 1.807) is 30.5 Å². The summed E-state index contributed by atoms with van der Waals surface area (Å²) in [6.45, 7) is 1.76. The number of anilines is 1. The Labute approximate surface area is 172 Å². The molecular formula is C19H18Cl2N2O4S. The number of piperidine rings is 1. The van der Waals surface area contributed by atoms with Gasteiger partial charge in [0.2, 0.25) is 0 Å². The minimum absolute atomic E-state index is 0.0411. The van der Waals surface area contributed by atoms with E-state index in [9.17, 15) is 8.42 Å². The average Bonchev–Trinajstić information content (AvgIpc) is 3.10. The summed E-state index contributed by atoms with van der Waals surface area (Å²) >= 11 is 12.1. The van der Waals surface area contributed by atoms with Gasteiger partial charge in [0.05, 0.1) is 22.0 Å². The van der Waals surface area contributed by atoms with E-state index in [1.807, 2.05) is 0 Å². The van der Waals surface area contributed by atoms with Crippen LogP contribution in [0, 0.1) is 0 Å². The van der Waals surface area contributed by atoms with E-state index in [1.165, 1.54) is 12.1 Å². The summed E-state index contributed by atoms with van der Waals surface area (Å²) in [7, 11) is -3.99. The zero-order valence-electron chi connectivity index (χ0n) is 14.7. The minimum Gasteiger partial charge on any atom is -0.486 e. The molecule has 0 aliphatic carbocycles. The first-order chi connectivity index (χ1) is 13.4. The van der Waals surface area contributed by atoms with Crippen molar-refractivity contribution in [3.63, 3.8) is 0 Å². The minimum atomic E-state index is -3.99. The molecule has 3 aromatic rings. The highest BCUT2D eigenvalue weighted by Gasteiger charge is 2.23. The van der Waals surface area contributed by atoms with Crippen molar-refractivity contribution in [2.45, 2.75) is 23.8 Å². The monoisotopic (exact) mass is 440 g/mol. The van der Waals surface area contributed by atoms with Gasteiger partial charge in [-0.25, -0.2) is 8.42 Å². The number of hydrogen-bond acceptors (Lipinski definition) is 5. The summed E-state index contributed by atoms with van der Waals surface area (Å²) in [6.07, 6.45) is 3.32. The van der Waals surface area contributed by atoms with Gasteiger partial charge < -0.3 is 14.5 Å². The lowest BCUT2D eigenvalue weighted by molar-refractivity contribution is 0.163. The van der Waals surface area contributed by atoms with E-state index in [-0.39, 0.29) is 21.0 Å². The smallest absolute Gasteiger partial charge is 0.264 e. The van der Waals surface area contributed by atoms with Crippen LogP contribution in [0.25, 0.3) is 11.0 Å². The molecular weight excluding hydrogens is 423 g/mol. The van der Waals surface area contributed by atoms with Crippen LogP contribution in [0.5, 0.6) is 5.75 Å². The third-order valence-electron chi connectivity index (χ3n) is 4.54. The van der Waals surface area contributed by atoms with E-state index in [4.69, 9.17) is 32.4 Å². The Bertz CT molecular complexity index is 1090. The van der Waals surface area contributed by atoms with Crippen molar-refractivity contribution in [1.82, 2.24) is 5.32 Å². The molecule has 28 heavy (non-hydrogen) atoms. The molecule has 0 radical (unpaired) electrons. The number of halogens is 2. The standard InChI is InChI=1S/C19H18Cl2N2O4S/c20-15-2-1-3-16(21)19(15)28(24,25)23-13-10-12-6-9-26-18(12)17(11-13)27-14-4-7-22-8-5-14/h1-3,6,9-11,14,22-23H,4-5,7-8H2. The molecule has 0 saturated carbocycles. The quantitative estimate of drug-likeness (QED) is 0.602. The number of sulfonamides is 1.